The van der Waals surface area contributed by atoms with Crippen molar-refractivity contribution in [2.75, 3.05) is 20.0 Å². The molecule has 0 rings (SSSR count). The van der Waals surface area contributed by atoms with Crippen LogP contribution in [0.15, 0.2) is 0 Å². The van der Waals surface area contributed by atoms with Gasteiger partial charge in [-0.3, -0.25) is 0 Å². The first-order chi connectivity index (χ1) is 3.91. The second kappa shape index (κ2) is 5.92. The van der Waals surface area contributed by atoms with Crippen molar-refractivity contribution in [1.82, 2.24) is 0 Å². The molecule has 2 heteroatoms. The van der Waals surface area contributed by atoms with E-state index >= 15 is 0 Å². The average molecular weight is 146 g/mol. The molecule has 0 spiro atoms. The van der Waals surface area contributed by atoms with Gasteiger partial charge >= 0.3 is 0 Å². The summed E-state index contributed by atoms with van der Waals surface area (Å²) in [7, 11) is -1.64. The van der Waals surface area contributed by atoms with Gasteiger partial charge < -0.3 is 4.57 Å². The maximum atomic E-state index is 10.2. The van der Waals surface area contributed by atoms with Crippen LogP contribution >= 0.6 is 7.14 Å². The van der Waals surface area contributed by atoms with E-state index in [2.05, 4.69) is 11.8 Å². The highest BCUT2D eigenvalue weighted by Crippen LogP contribution is 2.28. The molecule has 0 atom stereocenters. The van der Waals surface area contributed by atoms with Gasteiger partial charge in [-0.05, 0) is 33.8 Å². The highest BCUT2D eigenvalue weighted by Gasteiger charge is 1.89. The van der Waals surface area contributed by atoms with E-state index in [1.54, 1.807) is 20.0 Å². The minimum Gasteiger partial charge on any atom is -0.324 e. The second-order valence-corrected chi connectivity index (χ2v) is 6.17. The van der Waals surface area contributed by atoms with Crippen molar-refractivity contribution in [3.63, 3.8) is 0 Å². The third-order valence-electron chi connectivity index (χ3n) is 0.250. The smallest absolute Gasteiger partial charge is 0.0790 e. The Morgan fingerprint density at radius 1 is 1.00 bits per heavy atom. The van der Waals surface area contributed by atoms with Gasteiger partial charge in [-0.15, -0.1) is 11.8 Å². The molecule has 0 unspecified atom stereocenters. The molecule has 0 N–H and O–H groups in total. The topological polar surface area (TPSA) is 17.1 Å². The summed E-state index contributed by atoms with van der Waals surface area (Å²) in [5, 5.41) is 0. The number of hydrogen-bond acceptors (Lipinski definition) is 1. The summed E-state index contributed by atoms with van der Waals surface area (Å²) < 4.78 is 10.2. The first-order valence-electron chi connectivity index (χ1n) is 2.77. The van der Waals surface area contributed by atoms with E-state index in [-0.39, 0.29) is 0 Å². The molecule has 1 nitrogen and oxygen atoms in total. The molecule has 0 heterocycles. The molecule has 0 aromatic rings. The van der Waals surface area contributed by atoms with E-state index in [1.807, 2.05) is 13.8 Å². The lowest BCUT2D eigenvalue weighted by Crippen LogP contribution is -1.61. The predicted molar refractivity (Wildman–Crippen MR) is 44.5 cm³/mol. The Hall–Kier alpha value is -0.210. The molecular formula is C7H15OP. The maximum absolute atomic E-state index is 10.2. The van der Waals surface area contributed by atoms with E-state index in [4.69, 9.17) is 0 Å². The summed E-state index contributed by atoms with van der Waals surface area (Å²) in [6.45, 7) is 8.87. The summed E-state index contributed by atoms with van der Waals surface area (Å²) in [6.07, 6.45) is 0. The fourth-order valence-electron chi connectivity index (χ4n) is 0. The van der Waals surface area contributed by atoms with Crippen molar-refractivity contribution in [2.45, 2.75) is 13.8 Å². The first-order valence-corrected chi connectivity index (χ1v) is 5.82. The molecule has 9 heavy (non-hydrogen) atoms. The molecule has 0 aliphatic heterocycles. The minimum atomic E-state index is -1.64. The van der Waals surface area contributed by atoms with E-state index in [0.717, 1.165) is 0 Å². The van der Waals surface area contributed by atoms with Gasteiger partial charge in [0.1, 0.15) is 0 Å². The number of hydrogen-bond donors (Lipinski definition) is 0. The van der Waals surface area contributed by atoms with Gasteiger partial charge in [-0.25, -0.2) is 0 Å². The van der Waals surface area contributed by atoms with Crippen molar-refractivity contribution >= 4 is 7.14 Å². The monoisotopic (exact) mass is 146 g/mol. The van der Waals surface area contributed by atoms with Crippen LogP contribution in [0, 0.1) is 11.8 Å². The van der Waals surface area contributed by atoms with Crippen LogP contribution in [0.5, 0.6) is 0 Å². The average Bonchev–Trinajstić information content (AvgIpc) is 1.61. The zero-order chi connectivity index (χ0) is 7.91. The largest absolute Gasteiger partial charge is 0.324 e. The van der Waals surface area contributed by atoms with Crippen LogP contribution in [-0.4, -0.2) is 20.0 Å². The zero-order valence-electron chi connectivity index (χ0n) is 6.86. The molecule has 0 aromatic carbocycles. The Kier molecular flexibility index (Phi) is 7.61. The fraction of sp³-hybridized carbons (Fsp3) is 0.714. The quantitative estimate of drug-likeness (QED) is 0.378. The summed E-state index contributed by atoms with van der Waals surface area (Å²) >= 11 is 0. The van der Waals surface area contributed by atoms with Crippen LogP contribution in [-0.2, 0) is 4.57 Å². The van der Waals surface area contributed by atoms with E-state index < -0.39 is 7.14 Å². The van der Waals surface area contributed by atoms with Gasteiger partial charge in [0, 0.05) is 0 Å². The molecular weight excluding hydrogens is 131 g/mol. The Labute approximate surface area is 58.2 Å². The van der Waals surface area contributed by atoms with Crippen LogP contribution in [0.1, 0.15) is 13.8 Å². The maximum Gasteiger partial charge on any atom is 0.0790 e. The molecule has 0 aliphatic carbocycles. The first kappa shape index (κ1) is 11.6. The Bertz CT molecular complexity index is 130. The number of rotatable bonds is 0. The standard InChI is InChI=1S/C4H6.C3H9OP/c1-3-4-2;1-5(2,3)4/h1-2H3;1-3H3. The second-order valence-electron chi connectivity index (χ2n) is 2.39. The van der Waals surface area contributed by atoms with Crippen LogP contribution in [0.3, 0.4) is 0 Å². The van der Waals surface area contributed by atoms with Gasteiger partial charge in [0.25, 0.3) is 0 Å². The van der Waals surface area contributed by atoms with E-state index in [9.17, 15) is 4.57 Å². The molecule has 0 fully saturated rings. The van der Waals surface area contributed by atoms with Gasteiger partial charge in [0.15, 0.2) is 0 Å². The normalized spacial score (nSPS) is 8.11. The van der Waals surface area contributed by atoms with Gasteiger partial charge in [-0.1, -0.05) is 0 Å². The van der Waals surface area contributed by atoms with E-state index in [0.29, 0.717) is 0 Å². The van der Waals surface area contributed by atoms with Gasteiger partial charge in [-0.2, -0.15) is 0 Å². The Morgan fingerprint density at radius 2 is 1.11 bits per heavy atom. The van der Waals surface area contributed by atoms with Crippen LogP contribution in [0.4, 0.5) is 0 Å². The third-order valence-corrected chi connectivity index (χ3v) is 0.250. The highest BCUT2D eigenvalue weighted by atomic mass is 31.2. The van der Waals surface area contributed by atoms with Crippen molar-refractivity contribution in [2.24, 2.45) is 0 Å². The Morgan fingerprint density at radius 3 is 1.11 bits per heavy atom. The van der Waals surface area contributed by atoms with E-state index in [1.165, 1.54) is 0 Å². The lowest BCUT2D eigenvalue weighted by atomic mass is 10.7. The fourth-order valence-corrected chi connectivity index (χ4v) is 0. The molecule has 0 amide bonds. The summed E-state index contributed by atoms with van der Waals surface area (Å²) in [6, 6.07) is 0. The summed E-state index contributed by atoms with van der Waals surface area (Å²) in [4.78, 5) is 0. The van der Waals surface area contributed by atoms with Gasteiger partial charge in [0.2, 0.25) is 0 Å². The lowest BCUT2D eigenvalue weighted by molar-refractivity contribution is 0.586. The minimum absolute atomic E-state index is 1.64. The van der Waals surface area contributed by atoms with Crippen molar-refractivity contribution in [1.29, 1.82) is 0 Å². The highest BCUT2D eigenvalue weighted by molar-refractivity contribution is 7.61. The zero-order valence-corrected chi connectivity index (χ0v) is 7.75. The predicted octanol–water partition coefficient (Wildman–Crippen LogP) is 2.27. The van der Waals surface area contributed by atoms with Crippen molar-refractivity contribution in [3.8, 4) is 11.8 Å². The summed E-state index contributed by atoms with van der Waals surface area (Å²) in [5.41, 5.74) is 0. The van der Waals surface area contributed by atoms with Crippen molar-refractivity contribution in [3.05, 3.63) is 0 Å². The lowest BCUT2D eigenvalue weighted by Gasteiger charge is -1.86. The molecule has 0 bridgehead atoms. The molecule has 0 saturated carbocycles. The molecule has 0 saturated heterocycles. The van der Waals surface area contributed by atoms with Crippen molar-refractivity contribution < 1.29 is 4.57 Å². The molecule has 0 aromatic heterocycles. The molecule has 0 aliphatic rings. The molecule has 54 valence electrons. The van der Waals surface area contributed by atoms with Gasteiger partial charge in [0.05, 0.1) is 7.14 Å². The Balaban J connectivity index is 0. The van der Waals surface area contributed by atoms with Crippen LogP contribution in [0.2, 0.25) is 0 Å². The SMILES string of the molecule is CC#CC.CP(C)(C)=O. The molecule has 0 radical (unpaired) electrons. The van der Waals surface area contributed by atoms with Crippen LogP contribution in [0.25, 0.3) is 0 Å². The van der Waals surface area contributed by atoms with Crippen LogP contribution < -0.4 is 0 Å². The summed E-state index contributed by atoms with van der Waals surface area (Å²) in [5.74, 6) is 5.36. The third kappa shape index (κ3) is 418.